The van der Waals surface area contributed by atoms with E-state index in [1.807, 2.05) is 12.1 Å². The van der Waals surface area contributed by atoms with Crippen LogP contribution in [0.5, 0.6) is 0 Å². The Hall–Kier alpha value is -2.61. The van der Waals surface area contributed by atoms with E-state index in [0.717, 1.165) is 31.0 Å². The zero-order chi connectivity index (χ0) is 18.3. The van der Waals surface area contributed by atoms with Crippen LogP contribution in [0.1, 0.15) is 18.4 Å². The fraction of sp³-hybridized carbons (Fsp3) is 0.333. The van der Waals surface area contributed by atoms with Gasteiger partial charge in [0.15, 0.2) is 0 Å². The summed E-state index contributed by atoms with van der Waals surface area (Å²) in [5, 5.41) is 9.58. The molecule has 0 atom stereocenters. The number of nitrogens with one attached hydrogen (secondary N) is 1. The molecule has 1 fully saturated rings. The normalized spacial score (nSPS) is 16.4. The molecule has 4 rings (SSSR count). The minimum Gasteiger partial charge on any atom is -0.393 e. The molecule has 0 radical (unpaired) electrons. The Bertz CT molecular complexity index is 912. The topological polar surface area (TPSA) is 65.0 Å². The summed E-state index contributed by atoms with van der Waals surface area (Å²) in [6.07, 6.45) is -1.54. The Morgan fingerprint density at radius 3 is 2.54 bits per heavy atom. The molecule has 5 nitrogen and oxygen atoms in total. The van der Waals surface area contributed by atoms with Gasteiger partial charge in [0.1, 0.15) is 11.6 Å². The van der Waals surface area contributed by atoms with E-state index in [2.05, 4.69) is 19.9 Å². The summed E-state index contributed by atoms with van der Waals surface area (Å²) in [4.78, 5) is 13.8. The summed E-state index contributed by atoms with van der Waals surface area (Å²) in [6, 6.07) is 7.15. The Labute approximate surface area is 147 Å². The van der Waals surface area contributed by atoms with Crippen LogP contribution in [0.25, 0.3) is 22.4 Å². The molecular weight excluding hydrogens is 345 g/mol. The smallest absolute Gasteiger partial charge is 0.393 e. The van der Waals surface area contributed by atoms with Gasteiger partial charge in [-0.15, -0.1) is 0 Å². The van der Waals surface area contributed by atoms with Crippen molar-refractivity contribution in [3.8, 4) is 11.4 Å². The molecule has 3 heterocycles. The summed E-state index contributed by atoms with van der Waals surface area (Å²) < 4.78 is 38.5. The van der Waals surface area contributed by atoms with Gasteiger partial charge in [0.05, 0.1) is 22.7 Å². The van der Waals surface area contributed by atoms with Crippen LogP contribution in [0.4, 0.5) is 19.0 Å². The third-order valence-corrected chi connectivity index (χ3v) is 4.62. The van der Waals surface area contributed by atoms with Crippen molar-refractivity contribution in [2.45, 2.75) is 25.1 Å². The molecule has 136 valence electrons. The summed E-state index contributed by atoms with van der Waals surface area (Å²) in [5.41, 5.74) is 0.808. The molecular formula is C18H17F3N4O. The van der Waals surface area contributed by atoms with Gasteiger partial charge in [0.25, 0.3) is 0 Å². The maximum Gasteiger partial charge on any atom is 0.416 e. The lowest BCUT2D eigenvalue weighted by Gasteiger charge is -2.30. The average Bonchev–Trinajstić information content (AvgIpc) is 3.05. The van der Waals surface area contributed by atoms with Crippen LogP contribution in [-0.4, -0.2) is 39.3 Å². The Balaban J connectivity index is 1.59. The molecule has 0 bridgehead atoms. The SMILES string of the molecule is OC1CCN(c2ccc(-c3nc4ccc(C(F)(F)F)cc4[nH]3)cn2)CC1. The van der Waals surface area contributed by atoms with Gasteiger partial charge in [-0.1, -0.05) is 0 Å². The first-order valence-electron chi connectivity index (χ1n) is 8.36. The average molecular weight is 362 g/mol. The van der Waals surface area contributed by atoms with Crippen molar-refractivity contribution in [3.63, 3.8) is 0 Å². The number of halogens is 3. The van der Waals surface area contributed by atoms with Gasteiger partial charge in [0.2, 0.25) is 0 Å². The van der Waals surface area contributed by atoms with E-state index in [4.69, 9.17) is 0 Å². The third kappa shape index (κ3) is 3.24. The zero-order valence-electron chi connectivity index (χ0n) is 13.8. The second-order valence-corrected chi connectivity index (χ2v) is 6.44. The predicted octanol–water partition coefficient (Wildman–Crippen LogP) is 3.60. The first-order chi connectivity index (χ1) is 12.4. The van der Waals surface area contributed by atoms with E-state index in [0.29, 0.717) is 35.3 Å². The number of pyridine rings is 1. The number of fused-ring (bicyclic) bond motifs is 1. The van der Waals surface area contributed by atoms with E-state index in [9.17, 15) is 18.3 Å². The number of anilines is 1. The molecule has 8 heteroatoms. The summed E-state index contributed by atoms with van der Waals surface area (Å²) >= 11 is 0. The number of piperidine rings is 1. The highest BCUT2D eigenvalue weighted by atomic mass is 19.4. The number of H-pyrrole nitrogens is 1. The molecule has 2 N–H and O–H groups in total. The van der Waals surface area contributed by atoms with Crippen LogP contribution >= 0.6 is 0 Å². The van der Waals surface area contributed by atoms with E-state index >= 15 is 0 Å². The van der Waals surface area contributed by atoms with Crippen LogP contribution in [0.2, 0.25) is 0 Å². The lowest BCUT2D eigenvalue weighted by atomic mass is 10.1. The van der Waals surface area contributed by atoms with Crippen LogP contribution < -0.4 is 4.90 Å². The number of imidazole rings is 1. The van der Waals surface area contributed by atoms with Gasteiger partial charge in [0, 0.05) is 24.8 Å². The molecule has 0 saturated carbocycles. The number of alkyl halides is 3. The molecule has 2 aromatic heterocycles. The van der Waals surface area contributed by atoms with E-state index < -0.39 is 11.7 Å². The summed E-state index contributed by atoms with van der Waals surface area (Å²) in [6.45, 7) is 1.50. The second-order valence-electron chi connectivity index (χ2n) is 6.44. The lowest BCUT2D eigenvalue weighted by molar-refractivity contribution is -0.137. The molecule has 0 spiro atoms. The summed E-state index contributed by atoms with van der Waals surface area (Å²) in [5.74, 6) is 1.29. The van der Waals surface area contributed by atoms with Crippen molar-refractivity contribution >= 4 is 16.9 Å². The highest BCUT2D eigenvalue weighted by Gasteiger charge is 2.30. The molecule has 0 aliphatic carbocycles. The van der Waals surface area contributed by atoms with Crippen molar-refractivity contribution in [1.82, 2.24) is 15.0 Å². The van der Waals surface area contributed by atoms with Crippen LogP contribution in [-0.2, 0) is 6.18 Å². The first-order valence-corrected chi connectivity index (χ1v) is 8.36. The molecule has 1 aliphatic heterocycles. The van der Waals surface area contributed by atoms with E-state index in [1.165, 1.54) is 6.07 Å². The molecule has 3 aromatic rings. The maximum absolute atomic E-state index is 12.8. The van der Waals surface area contributed by atoms with Gasteiger partial charge in [-0.3, -0.25) is 0 Å². The van der Waals surface area contributed by atoms with Gasteiger partial charge >= 0.3 is 6.18 Å². The molecule has 0 amide bonds. The number of aromatic nitrogens is 3. The Morgan fingerprint density at radius 2 is 1.88 bits per heavy atom. The zero-order valence-corrected chi connectivity index (χ0v) is 13.8. The predicted molar refractivity (Wildman–Crippen MR) is 91.8 cm³/mol. The second kappa shape index (κ2) is 6.28. The lowest BCUT2D eigenvalue weighted by Crippen LogP contribution is -2.36. The monoisotopic (exact) mass is 362 g/mol. The van der Waals surface area contributed by atoms with Crippen molar-refractivity contribution < 1.29 is 18.3 Å². The highest BCUT2D eigenvalue weighted by molar-refractivity contribution is 5.80. The van der Waals surface area contributed by atoms with Crippen molar-refractivity contribution in [2.75, 3.05) is 18.0 Å². The maximum atomic E-state index is 12.8. The third-order valence-electron chi connectivity index (χ3n) is 4.62. The van der Waals surface area contributed by atoms with Crippen molar-refractivity contribution in [3.05, 3.63) is 42.1 Å². The molecule has 1 aliphatic rings. The number of aliphatic hydroxyl groups is 1. The number of hydrogen-bond acceptors (Lipinski definition) is 4. The highest BCUT2D eigenvalue weighted by Crippen LogP contribution is 2.31. The minimum atomic E-state index is -4.38. The van der Waals surface area contributed by atoms with Crippen LogP contribution in [0.15, 0.2) is 36.5 Å². The Morgan fingerprint density at radius 1 is 1.12 bits per heavy atom. The van der Waals surface area contributed by atoms with Gasteiger partial charge in [-0.2, -0.15) is 13.2 Å². The van der Waals surface area contributed by atoms with Crippen LogP contribution in [0, 0.1) is 0 Å². The number of aliphatic hydroxyl groups excluding tert-OH is 1. The first kappa shape index (κ1) is 16.8. The quantitative estimate of drug-likeness (QED) is 0.731. The van der Waals surface area contributed by atoms with Crippen molar-refractivity contribution in [1.29, 1.82) is 0 Å². The molecule has 1 saturated heterocycles. The van der Waals surface area contributed by atoms with Crippen LogP contribution in [0.3, 0.4) is 0 Å². The fourth-order valence-electron chi connectivity index (χ4n) is 3.13. The van der Waals surface area contributed by atoms with E-state index in [-0.39, 0.29) is 6.10 Å². The summed E-state index contributed by atoms with van der Waals surface area (Å²) in [7, 11) is 0. The fourth-order valence-corrected chi connectivity index (χ4v) is 3.13. The Kier molecular flexibility index (Phi) is 4.07. The van der Waals surface area contributed by atoms with Gasteiger partial charge < -0.3 is 15.0 Å². The largest absolute Gasteiger partial charge is 0.416 e. The molecule has 26 heavy (non-hydrogen) atoms. The number of benzene rings is 1. The number of aromatic amines is 1. The van der Waals surface area contributed by atoms with E-state index in [1.54, 1.807) is 6.20 Å². The van der Waals surface area contributed by atoms with Gasteiger partial charge in [-0.25, -0.2) is 9.97 Å². The molecule has 0 unspecified atom stereocenters. The molecule has 1 aromatic carbocycles. The standard InChI is InChI=1S/C18H17F3N4O/c19-18(20,21)12-2-3-14-15(9-12)24-17(23-14)11-1-4-16(22-10-11)25-7-5-13(26)6-8-25/h1-4,9-10,13,26H,5-8H2,(H,23,24). The van der Waals surface area contributed by atoms with Gasteiger partial charge in [-0.05, 0) is 43.2 Å². The van der Waals surface area contributed by atoms with Crippen molar-refractivity contribution in [2.24, 2.45) is 0 Å². The number of rotatable bonds is 2. The number of hydrogen-bond donors (Lipinski definition) is 2. The number of nitrogens with zero attached hydrogens (tertiary/aromatic N) is 3. The minimum absolute atomic E-state index is 0.248.